The summed E-state index contributed by atoms with van der Waals surface area (Å²) in [6.07, 6.45) is 2.19. The lowest BCUT2D eigenvalue weighted by atomic mass is 10.1. The first-order valence-corrected chi connectivity index (χ1v) is 5.95. The van der Waals surface area contributed by atoms with Crippen molar-refractivity contribution in [1.82, 2.24) is 15.1 Å². The highest BCUT2D eigenvalue weighted by molar-refractivity contribution is 5.19. The molecule has 2 unspecified atom stereocenters. The number of aromatic nitrogens is 2. The van der Waals surface area contributed by atoms with Gasteiger partial charge in [-0.3, -0.25) is 4.68 Å². The van der Waals surface area contributed by atoms with Crippen molar-refractivity contribution in [2.24, 2.45) is 7.05 Å². The quantitative estimate of drug-likeness (QED) is 0.740. The number of methoxy groups -OCH3 is 1. The fourth-order valence-electron chi connectivity index (χ4n) is 1.79. The lowest BCUT2D eigenvalue weighted by Crippen LogP contribution is -2.25. The number of nitrogens with zero attached hydrogens (tertiary/aromatic N) is 2. The molecule has 0 fully saturated rings. The van der Waals surface area contributed by atoms with Crippen LogP contribution in [0.4, 0.5) is 0 Å². The summed E-state index contributed by atoms with van der Waals surface area (Å²) >= 11 is 0. The molecule has 0 saturated carbocycles. The van der Waals surface area contributed by atoms with Crippen molar-refractivity contribution in [3.63, 3.8) is 0 Å². The van der Waals surface area contributed by atoms with E-state index in [4.69, 9.17) is 4.74 Å². The zero-order chi connectivity index (χ0) is 12.8. The maximum absolute atomic E-state index is 9.51. The predicted octanol–water partition coefficient (Wildman–Crippen LogP) is 0.777. The molecule has 1 aromatic heterocycles. The lowest BCUT2D eigenvalue weighted by Gasteiger charge is -2.15. The van der Waals surface area contributed by atoms with Crippen molar-refractivity contribution < 1.29 is 9.84 Å². The third-order valence-corrected chi connectivity index (χ3v) is 3.03. The second kappa shape index (κ2) is 6.74. The van der Waals surface area contributed by atoms with E-state index in [0.29, 0.717) is 13.0 Å². The fraction of sp³-hybridized carbons (Fsp3) is 0.750. The molecule has 98 valence electrons. The highest BCUT2D eigenvalue weighted by Crippen LogP contribution is 2.15. The smallest absolute Gasteiger partial charge is 0.0785 e. The normalized spacial score (nSPS) is 14.9. The molecule has 0 aromatic carbocycles. The standard InChI is InChI=1S/C12H23N3O2/c1-9(12-7-14-15(3)10(12)2)13-6-5-11(16)8-17-4/h7,9,11,13,16H,5-6,8H2,1-4H3. The molecule has 5 heteroatoms. The lowest BCUT2D eigenvalue weighted by molar-refractivity contribution is 0.0590. The van der Waals surface area contributed by atoms with Gasteiger partial charge in [-0.2, -0.15) is 5.10 Å². The number of rotatable bonds is 7. The Balaban J connectivity index is 2.35. The van der Waals surface area contributed by atoms with E-state index < -0.39 is 6.10 Å². The zero-order valence-corrected chi connectivity index (χ0v) is 11.1. The van der Waals surface area contributed by atoms with Gasteiger partial charge in [0.25, 0.3) is 0 Å². The second-order valence-corrected chi connectivity index (χ2v) is 4.38. The molecular formula is C12H23N3O2. The summed E-state index contributed by atoms with van der Waals surface area (Å²) in [6, 6.07) is 0.249. The van der Waals surface area contributed by atoms with Crippen LogP contribution >= 0.6 is 0 Å². The van der Waals surface area contributed by atoms with Crippen molar-refractivity contribution in [3.8, 4) is 0 Å². The van der Waals surface area contributed by atoms with Crippen molar-refractivity contribution >= 4 is 0 Å². The van der Waals surface area contributed by atoms with E-state index in [2.05, 4.69) is 24.3 Å². The molecule has 0 radical (unpaired) electrons. The molecule has 0 aliphatic heterocycles. The number of ether oxygens (including phenoxy) is 1. The van der Waals surface area contributed by atoms with Crippen molar-refractivity contribution in [2.45, 2.75) is 32.4 Å². The predicted molar refractivity (Wildman–Crippen MR) is 66.9 cm³/mol. The Kier molecular flexibility index (Phi) is 5.61. The molecule has 0 bridgehead atoms. The van der Waals surface area contributed by atoms with Crippen LogP contribution in [-0.2, 0) is 11.8 Å². The molecule has 17 heavy (non-hydrogen) atoms. The molecule has 0 amide bonds. The van der Waals surface area contributed by atoms with Gasteiger partial charge in [0.1, 0.15) is 0 Å². The molecule has 2 N–H and O–H groups in total. The SMILES string of the molecule is COCC(O)CCNC(C)c1cnn(C)c1C. The van der Waals surface area contributed by atoms with Crippen LogP contribution in [0, 0.1) is 6.92 Å². The van der Waals surface area contributed by atoms with Crippen LogP contribution in [-0.4, -0.2) is 41.3 Å². The highest BCUT2D eigenvalue weighted by Gasteiger charge is 2.11. The molecule has 2 atom stereocenters. The minimum atomic E-state index is -0.394. The third kappa shape index (κ3) is 4.11. The summed E-state index contributed by atoms with van der Waals surface area (Å²) in [7, 11) is 3.53. The van der Waals surface area contributed by atoms with Crippen molar-refractivity contribution in [1.29, 1.82) is 0 Å². The van der Waals surface area contributed by atoms with Crippen LogP contribution in [0.1, 0.15) is 30.6 Å². The summed E-state index contributed by atoms with van der Waals surface area (Å²) in [5, 5.41) is 17.1. The van der Waals surface area contributed by atoms with E-state index >= 15 is 0 Å². The fourth-order valence-corrected chi connectivity index (χ4v) is 1.79. The molecule has 5 nitrogen and oxygen atoms in total. The van der Waals surface area contributed by atoms with Gasteiger partial charge >= 0.3 is 0 Å². The Morgan fingerprint density at radius 1 is 1.59 bits per heavy atom. The van der Waals surface area contributed by atoms with Gasteiger partial charge in [-0.1, -0.05) is 0 Å². The van der Waals surface area contributed by atoms with Crippen LogP contribution in [0.25, 0.3) is 0 Å². The highest BCUT2D eigenvalue weighted by atomic mass is 16.5. The molecule has 1 rings (SSSR count). The Morgan fingerprint density at radius 2 is 2.29 bits per heavy atom. The summed E-state index contributed by atoms with van der Waals surface area (Å²) in [4.78, 5) is 0. The van der Waals surface area contributed by atoms with Gasteiger partial charge in [-0.15, -0.1) is 0 Å². The summed E-state index contributed by atoms with van der Waals surface area (Å²) in [6.45, 7) is 5.31. The van der Waals surface area contributed by atoms with Gasteiger partial charge < -0.3 is 15.2 Å². The van der Waals surface area contributed by atoms with Crippen LogP contribution < -0.4 is 5.32 Å². The monoisotopic (exact) mass is 241 g/mol. The molecule has 0 saturated heterocycles. The third-order valence-electron chi connectivity index (χ3n) is 3.03. The van der Waals surface area contributed by atoms with Crippen LogP contribution in [0.15, 0.2) is 6.20 Å². The average molecular weight is 241 g/mol. The first-order chi connectivity index (χ1) is 8.06. The van der Waals surface area contributed by atoms with E-state index in [1.165, 1.54) is 11.3 Å². The molecule has 1 heterocycles. The number of hydrogen-bond donors (Lipinski definition) is 2. The van der Waals surface area contributed by atoms with E-state index in [0.717, 1.165) is 6.54 Å². The zero-order valence-electron chi connectivity index (χ0n) is 11.1. The van der Waals surface area contributed by atoms with Gasteiger partial charge in [0, 0.05) is 31.5 Å². The van der Waals surface area contributed by atoms with Crippen LogP contribution in [0.3, 0.4) is 0 Å². The number of nitrogens with one attached hydrogen (secondary N) is 1. The van der Waals surface area contributed by atoms with Gasteiger partial charge in [0.05, 0.1) is 18.9 Å². The van der Waals surface area contributed by atoms with E-state index in [9.17, 15) is 5.11 Å². The number of aliphatic hydroxyl groups excluding tert-OH is 1. The van der Waals surface area contributed by atoms with Crippen LogP contribution in [0.5, 0.6) is 0 Å². The molecule has 0 spiro atoms. The molecular weight excluding hydrogens is 218 g/mol. The van der Waals surface area contributed by atoms with Crippen molar-refractivity contribution in [3.05, 3.63) is 17.5 Å². The van der Waals surface area contributed by atoms with Crippen LogP contribution in [0.2, 0.25) is 0 Å². The number of aliphatic hydroxyl groups is 1. The maximum Gasteiger partial charge on any atom is 0.0785 e. The minimum absolute atomic E-state index is 0.249. The Hall–Kier alpha value is -0.910. The van der Waals surface area contributed by atoms with Gasteiger partial charge in [-0.25, -0.2) is 0 Å². The molecule has 0 aliphatic rings. The van der Waals surface area contributed by atoms with E-state index in [-0.39, 0.29) is 6.04 Å². The molecule has 1 aromatic rings. The van der Waals surface area contributed by atoms with E-state index in [1.54, 1.807) is 7.11 Å². The largest absolute Gasteiger partial charge is 0.391 e. The Morgan fingerprint density at radius 3 is 2.82 bits per heavy atom. The maximum atomic E-state index is 9.51. The summed E-state index contributed by atoms with van der Waals surface area (Å²) in [5.74, 6) is 0. The van der Waals surface area contributed by atoms with E-state index in [1.807, 2.05) is 17.9 Å². The van der Waals surface area contributed by atoms with Crippen molar-refractivity contribution in [2.75, 3.05) is 20.3 Å². The second-order valence-electron chi connectivity index (χ2n) is 4.38. The van der Waals surface area contributed by atoms with Gasteiger partial charge in [-0.05, 0) is 26.8 Å². The number of hydrogen-bond acceptors (Lipinski definition) is 4. The van der Waals surface area contributed by atoms with Gasteiger partial charge in [0.15, 0.2) is 0 Å². The topological polar surface area (TPSA) is 59.3 Å². The Bertz CT molecular complexity index is 338. The molecule has 0 aliphatic carbocycles. The first-order valence-electron chi connectivity index (χ1n) is 5.95. The summed E-state index contributed by atoms with van der Waals surface area (Å²) in [5.41, 5.74) is 2.37. The Labute approximate surface area is 103 Å². The minimum Gasteiger partial charge on any atom is -0.391 e. The number of aryl methyl sites for hydroxylation is 1. The summed E-state index contributed by atoms with van der Waals surface area (Å²) < 4.78 is 6.75. The average Bonchev–Trinajstić information content (AvgIpc) is 2.60. The first kappa shape index (κ1) is 14.2. The van der Waals surface area contributed by atoms with Gasteiger partial charge in [0.2, 0.25) is 0 Å².